The largest absolute Gasteiger partial charge is 0.338 e. The van der Waals surface area contributed by atoms with Gasteiger partial charge in [-0.3, -0.25) is 0 Å². The van der Waals surface area contributed by atoms with Crippen LogP contribution in [0, 0.1) is 6.92 Å². The summed E-state index contributed by atoms with van der Waals surface area (Å²) >= 11 is 3.16. The van der Waals surface area contributed by atoms with Gasteiger partial charge in [-0.1, -0.05) is 53.7 Å². The van der Waals surface area contributed by atoms with Gasteiger partial charge in [-0.25, -0.2) is 0 Å². The van der Waals surface area contributed by atoms with Crippen LogP contribution in [0.25, 0.3) is 22.1 Å². The minimum atomic E-state index is 0.564. The van der Waals surface area contributed by atoms with Crippen molar-refractivity contribution in [2.45, 2.75) is 37.7 Å². The molecule has 138 valence electrons. The Labute approximate surface area is 165 Å². The number of thiophene rings is 1. The van der Waals surface area contributed by atoms with Crippen LogP contribution in [0.4, 0.5) is 0 Å². The zero-order valence-corrected chi connectivity index (χ0v) is 16.8. The van der Waals surface area contributed by atoms with Gasteiger partial charge in [0.2, 0.25) is 11.7 Å². The quantitative estimate of drug-likeness (QED) is 0.406. The van der Waals surface area contributed by atoms with Crippen LogP contribution in [0.2, 0.25) is 0 Å². The summed E-state index contributed by atoms with van der Waals surface area (Å²) in [6.45, 7) is 5.10. The highest BCUT2D eigenvalue weighted by Gasteiger charge is 2.16. The summed E-state index contributed by atoms with van der Waals surface area (Å²) in [6.07, 6.45) is 1.01. The molecule has 0 aliphatic heterocycles. The van der Waals surface area contributed by atoms with E-state index in [1.165, 1.54) is 5.56 Å². The molecule has 27 heavy (non-hydrogen) atoms. The Bertz CT molecular complexity index is 1020. The van der Waals surface area contributed by atoms with Crippen LogP contribution in [0.1, 0.15) is 24.8 Å². The maximum Gasteiger partial charge on any atom is 0.237 e. The lowest BCUT2D eigenvalue weighted by molar-refractivity contribution is 0.391. The number of hydrogen-bond acceptors (Lipinski definition) is 7. The molecule has 0 spiro atoms. The van der Waals surface area contributed by atoms with Crippen LogP contribution in [-0.4, -0.2) is 24.9 Å². The van der Waals surface area contributed by atoms with E-state index in [2.05, 4.69) is 57.0 Å². The van der Waals surface area contributed by atoms with Gasteiger partial charge >= 0.3 is 0 Å². The summed E-state index contributed by atoms with van der Waals surface area (Å²) in [5.41, 5.74) is 2.29. The highest BCUT2D eigenvalue weighted by Crippen LogP contribution is 2.28. The molecule has 6 nitrogen and oxygen atoms in total. The van der Waals surface area contributed by atoms with E-state index in [4.69, 9.17) is 4.52 Å². The van der Waals surface area contributed by atoms with Crippen molar-refractivity contribution >= 4 is 23.1 Å². The van der Waals surface area contributed by atoms with Gasteiger partial charge in [-0.15, -0.1) is 21.5 Å². The zero-order valence-electron chi connectivity index (χ0n) is 15.1. The van der Waals surface area contributed by atoms with Gasteiger partial charge in [-0.2, -0.15) is 4.98 Å². The van der Waals surface area contributed by atoms with Crippen LogP contribution in [0.15, 0.2) is 51.5 Å². The van der Waals surface area contributed by atoms with Crippen molar-refractivity contribution in [3.8, 4) is 22.1 Å². The molecule has 0 saturated heterocycles. The van der Waals surface area contributed by atoms with Crippen molar-refractivity contribution in [3.63, 3.8) is 0 Å². The number of benzene rings is 1. The minimum absolute atomic E-state index is 0.564. The number of hydrogen-bond donors (Lipinski definition) is 0. The lowest BCUT2D eigenvalue weighted by Gasteiger charge is -2.08. The summed E-state index contributed by atoms with van der Waals surface area (Å²) < 4.78 is 7.55. The molecule has 3 heterocycles. The van der Waals surface area contributed by atoms with E-state index in [9.17, 15) is 0 Å². The lowest BCUT2D eigenvalue weighted by Crippen LogP contribution is -2.02. The fourth-order valence-electron chi connectivity index (χ4n) is 2.76. The first-order valence-electron chi connectivity index (χ1n) is 8.74. The lowest BCUT2D eigenvalue weighted by atomic mass is 10.1. The Kier molecular flexibility index (Phi) is 5.35. The molecule has 3 aromatic heterocycles. The van der Waals surface area contributed by atoms with Gasteiger partial charge in [-0.05, 0) is 30.9 Å². The van der Waals surface area contributed by atoms with Crippen molar-refractivity contribution < 1.29 is 4.52 Å². The van der Waals surface area contributed by atoms with Gasteiger partial charge in [0, 0.05) is 12.1 Å². The van der Waals surface area contributed by atoms with Crippen molar-refractivity contribution in [3.05, 3.63) is 53.2 Å². The molecule has 0 fully saturated rings. The van der Waals surface area contributed by atoms with Gasteiger partial charge < -0.3 is 9.09 Å². The molecule has 0 N–H and O–H groups in total. The van der Waals surface area contributed by atoms with E-state index >= 15 is 0 Å². The van der Waals surface area contributed by atoms with Crippen LogP contribution < -0.4 is 0 Å². The first kappa shape index (κ1) is 17.9. The third-order valence-electron chi connectivity index (χ3n) is 3.97. The predicted molar refractivity (Wildman–Crippen MR) is 108 cm³/mol. The zero-order chi connectivity index (χ0) is 18.6. The second-order valence-electron chi connectivity index (χ2n) is 6.10. The number of thioether (sulfide) groups is 1. The molecule has 0 aliphatic rings. The topological polar surface area (TPSA) is 69.6 Å². The van der Waals surface area contributed by atoms with Gasteiger partial charge in [0.05, 0.1) is 10.6 Å². The Morgan fingerprint density at radius 1 is 1.19 bits per heavy atom. The molecule has 4 aromatic rings. The van der Waals surface area contributed by atoms with E-state index < -0.39 is 0 Å². The van der Waals surface area contributed by atoms with E-state index in [0.717, 1.165) is 34.4 Å². The fourth-order valence-corrected chi connectivity index (χ4v) is 4.22. The molecular formula is C19H19N5OS2. The summed E-state index contributed by atoms with van der Waals surface area (Å²) in [7, 11) is 0. The standard InChI is InChI=1S/C19H19N5OS2/c1-3-9-24-18(14-7-4-6-13(2)11-14)21-22-19(24)27-12-16-20-17(23-25-16)15-8-5-10-26-15/h4-8,10-11H,3,9,12H2,1-2H3. The van der Waals surface area contributed by atoms with Gasteiger partial charge in [0.1, 0.15) is 0 Å². The molecule has 0 radical (unpaired) electrons. The van der Waals surface area contributed by atoms with Crippen LogP contribution in [0.3, 0.4) is 0 Å². The Hall–Kier alpha value is -2.45. The fraction of sp³-hybridized carbons (Fsp3) is 0.263. The predicted octanol–water partition coefficient (Wildman–Crippen LogP) is 5.07. The molecule has 0 bridgehead atoms. The second-order valence-corrected chi connectivity index (χ2v) is 8.00. The van der Waals surface area contributed by atoms with Crippen LogP contribution in [-0.2, 0) is 12.3 Å². The van der Waals surface area contributed by atoms with Gasteiger partial charge in [0.25, 0.3) is 0 Å². The van der Waals surface area contributed by atoms with Crippen LogP contribution in [0.5, 0.6) is 0 Å². The molecule has 4 rings (SSSR count). The van der Waals surface area contributed by atoms with Gasteiger partial charge in [0.15, 0.2) is 11.0 Å². The Morgan fingerprint density at radius 2 is 2.11 bits per heavy atom. The molecule has 1 aromatic carbocycles. The third kappa shape index (κ3) is 3.96. The maximum absolute atomic E-state index is 5.38. The average Bonchev–Trinajstić information content (AvgIpc) is 3.41. The molecule has 0 atom stereocenters. The second kappa shape index (κ2) is 8.06. The van der Waals surface area contributed by atoms with E-state index in [0.29, 0.717) is 17.5 Å². The summed E-state index contributed by atoms with van der Waals surface area (Å²) in [5, 5.41) is 15.8. The van der Waals surface area contributed by atoms with E-state index in [1.807, 2.05) is 23.6 Å². The van der Waals surface area contributed by atoms with E-state index in [1.54, 1.807) is 23.1 Å². The van der Waals surface area contributed by atoms with Crippen molar-refractivity contribution in [2.75, 3.05) is 0 Å². The smallest absolute Gasteiger partial charge is 0.237 e. The maximum atomic E-state index is 5.38. The summed E-state index contributed by atoms with van der Waals surface area (Å²) in [4.78, 5) is 5.48. The highest BCUT2D eigenvalue weighted by atomic mass is 32.2. The SMILES string of the molecule is CCCn1c(SCc2nc(-c3cccs3)no2)nnc1-c1cccc(C)c1. The number of nitrogens with zero attached hydrogens (tertiary/aromatic N) is 5. The van der Waals surface area contributed by atoms with Crippen molar-refractivity contribution in [1.82, 2.24) is 24.9 Å². The first-order chi connectivity index (χ1) is 13.2. The van der Waals surface area contributed by atoms with Crippen LogP contribution >= 0.6 is 23.1 Å². The molecular weight excluding hydrogens is 378 g/mol. The summed E-state index contributed by atoms with van der Waals surface area (Å²) in [6, 6.07) is 12.3. The minimum Gasteiger partial charge on any atom is -0.338 e. The molecule has 0 amide bonds. The monoisotopic (exact) mass is 397 g/mol. The normalized spacial score (nSPS) is 11.2. The average molecular weight is 398 g/mol. The molecule has 0 aliphatic carbocycles. The molecule has 0 unspecified atom stereocenters. The molecule has 0 saturated carbocycles. The number of aryl methyl sites for hydroxylation is 1. The first-order valence-corrected chi connectivity index (χ1v) is 10.6. The Morgan fingerprint density at radius 3 is 2.89 bits per heavy atom. The van der Waals surface area contributed by atoms with E-state index in [-0.39, 0.29) is 0 Å². The summed E-state index contributed by atoms with van der Waals surface area (Å²) in [5.74, 6) is 2.68. The van der Waals surface area contributed by atoms with Crippen molar-refractivity contribution in [2.24, 2.45) is 0 Å². The number of aromatic nitrogens is 5. The third-order valence-corrected chi connectivity index (χ3v) is 5.79. The Balaban J connectivity index is 1.54. The molecule has 8 heteroatoms. The number of rotatable bonds is 7. The highest BCUT2D eigenvalue weighted by molar-refractivity contribution is 7.98. The van der Waals surface area contributed by atoms with Crippen molar-refractivity contribution in [1.29, 1.82) is 0 Å².